The average Bonchev–Trinajstić information content (AvgIpc) is 2.99. The maximum absolute atomic E-state index is 10.7. The van der Waals surface area contributed by atoms with Crippen molar-refractivity contribution in [2.75, 3.05) is 20.3 Å². The summed E-state index contributed by atoms with van der Waals surface area (Å²) in [5.41, 5.74) is 0. The summed E-state index contributed by atoms with van der Waals surface area (Å²) < 4.78 is 5.09. The summed E-state index contributed by atoms with van der Waals surface area (Å²) in [5, 5.41) is 8.84. The minimum absolute atomic E-state index is 0.0863. The van der Waals surface area contributed by atoms with E-state index in [0.29, 0.717) is 12.6 Å². The van der Waals surface area contributed by atoms with E-state index in [9.17, 15) is 4.79 Å². The van der Waals surface area contributed by atoms with Crippen LogP contribution in [0.15, 0.2) is 0 Å². The van der Waals surface area contributed by atoms with Crippen molar-refractivity contribution in [3.63, 3.8) is 0 Å². The van der Waals surface area contributed by atoms with Crippen LogP contribution in [0.5, 0.6) is 0 Å². The van der Waals surface area contributed by atoms with Gasteiger partial charge < -0.3 is 9.84 Å². The molecule has 2 atom stereocenters. The summed E-state index contributed by atoms with van der Waals surface area (Å²) in [5.74, 6) is 0.0333. The Bertz CT molecular complexity index is 228. The van der Waals surface area contributed by atoms with Crippen LogP contribution < -0.4 is 0 Å². The first-order valence-electron chi connectivity index (χ1n) is 6.02. The third-order valence-electron chi connectivity index (χ3n) is 3.42. The highest BCUT2D eigenvalue weighted by atomic mass is 16.5. The standard InChI is InChI=1S/C12H23NO3/c1-9(8-12(14)15)13(6-7-16-3)10(2)11-4-5-11/h9-11H,4-8H2,1-3H3,(H,14,15). The number of rotatable bonds is 8. The normalized spacial score (nSPS) is 19.8. The van der Waals surface area contributed by atoms with Gasteiger partial charge in [0.05, 0.1) is 13.0 Å². The van der Waals surface area contributed by atoms with Gasteiger partial charge in [0, 0.05) is 25.7 Å². The Morgan fingerprint density at radius 2 is 2.12 bits per heavy atom. The van der Waals surface area contributed by atoms with Crippen LogP contribution in [-0.4, -0.2) is 48.3 Å². The Kier molecular flexibility index (Phi) is 5.22. The monoisotopic (exact) mass is 229 g/mol. The van der Waals surface area contributed by atoms with E-state index in [4.69, 9.17) is 9.84 Å². The zero-order valence-electron chi connectivity index (χ0n) is 10.5. The van der Waals surface area contributed by atoms with Crippen LogP contribution in [-0.2, 0) is 9.53 Å². The Morgan fingerprint density at radius 3 is 2.56 bits per heavy atom. The van der Waals surface area contributed by atoms with Crippen molar-refractivity contribution < 1.29 is 14.6 Å². The Morgan fingerprint density at radius 1 is 1.50 bits per heavy atom. The Labute approximate surface area is 97.6 Å². The van der Waals surface area contributed by atoms with Crippen molar-refractivity contribution in [1.29, 1.82) is 0 Å². The van der Waals surface area contributed by atoms with Crippen molar-refractivity contribution in [2.45, 2.75) is 45.2 Å². The highest BCUT2D eigenvalue weighted by molar-refractivity contribution is 5.67. The molecule has 0 aliphatic heterocycles. The van der Waals surface area contributed by atoms with E-state index in [1.807, 2.05) is 6.92 Å². The fourth-order valence-electron chi connectivity index (χ4n) is 2.24. The van der Waals surface area contributed by atoms with Crippen LogP contribution in [0.2, 0.25) is 0 Å². The molecule has 0 saturated heterocycles. The zero-order valence-corrected chi connectivity index (χ0v) is 10.5. The molecule has 0 radical (unpaired) electrons. The molecule has 0 spiro atoms. The molecule has 1 aliphatic rings. The maximum atomic E-state index is 10.7. The minimum atomic E-state index is -0.724. The molecule has 1 rings (SSSR count). The predicted octanol–water partition coefficient (Wildman–Crippen LogP) is 1.60. The molecular formula is C12H23NO3. The van der Waals surface area contributed by atoms with Gasteiger partial charge in [0.1, 0.15) is 0 Å². The van der Waals surface area contributed by atoms with Gasteiger partial charge in [0.15, 0.2) is 0 Å². The molecule has 4 nitrogen and oxygen atoms in total. The number of carboxylic acids is 1. The summed E-state index contributed by atoms with van der Waals surface area (Å²) in [6.45, 7) is 5.68. The molecule has 0 aromatic carbocycles. The molecule has 1 N–H and O–H groups in total. The number of carboxylic acid groups (broad SMARTS) is 1. The number of hydrogen-bond donors (Lipinski definition) is 1. The van der Waals surface area contributed by atoms with Gasteiger partial charge in [0.25, 0.3) is 0 Å². The van der Waals surface area contributed by atoms with Gasteiger partial charge in [-0.3, -0.25) is 9.69 Å². The topological polar surface area (TPSA) is 49.8 Å². The fourth-order valence-corrected chi connectivity index (χ4v) is 2.24. The van der Waals surface area contributed by atoms with E-state index >= 15 is 0 Å². The van der Waals surface area contributed by atoms with Crippen LogP contribution in [0.4, 0.5) is 0 Å². The fraction of sp³-hybridized carbons (Fsp3) is 0.917. The summed E-state index contributed by atoms with van der Waals surface area (Å²) >= 11 is 0. The molecule has 0 aromatic heterocycles. The van der Waals surface area contributed by atoms with Crippen LogP contribution >= 0.6 is 0 Å². The van der Waals surface area contributed by atoms with Gasteiger partial charge in [-0.2, -0.15) is 0 Å². The lowest BCUT2D eigenvalue weighted by molar-refractivity contribution is -0.138. The predicted molar refractivity (Wildman–Crippen MR) is 62.5 cm³/mol. The van der Waals surface area contributed by atoms with Gasteiger partial charge in [0.2, 0.25) is 0 Å². The number of ether oxygens (including phenoxy) is 1. The molecule has 4 heteroatoms. The largest absolute Gasteiger partial charge is 0.481 e. The zero-order chi connectivity index (χ0) is 12.1. The SMILES string of the molecule is COCCN(C(C)CC(=O)O)C(C)C1CC1. The highest BCUT2D eigenvalue weighted by Crippen LogP contribution is 2.35. The van der Waals surface area contributed by atoms with Crippen LogP contribution in [0.1, 0.15) is 33.1 Å². The highest BCUT2D eigenvalue weighted by Gasteiger charge is 2.34. The molecule has 1 aliphatic carbocycles. The second-order valence-electron chi connectivity index (χ2n) is 4.76. The van der Waals surface area contributed by atoms with Crippen molar-refractivity contribution in [3.8, 4) is 0 Å². The number of carbonyl (C=O) groups is 1. The van der Waals surface area contributed by atoms with E-state index < -0.39 is 5.97 Å². The maximum Gasteiger partial charge on any atom is 0.304 e. The molecule has 0 heterocycles. The first-order valence-corrected chi connectivity index (χ1v) is 6.02. The second-order valence-corrected chi connectivity index (χ2v) is 4.76. The summed E-state index contributed by atoms with van der Waals surface area (Å²) in [6, 6.07) is 0.563. The van der Waals surface area contributed by atoms with Crippen LogP contribution in [0.3, 0.4) is 0 Å². The lowest BCUT2D eigenvalue weighted by Gasteiger charge is -2.34. The lowest BCUT2D eigenvalue weighted by atomic mass is 10.1. The van der Waals surface area contributed by atoms with Crippen LogP contribution in [0, 0.1) is 5.92 Å². The summed E-state index contributed by atoms with van der Waals surface area (Å²) in [4.78, 5) is 13.0. The molecule has 2 unspecified atom stereocenters. The molecule has 1 fully saturated rings. The smallest absolute Gasteiger partial charge is 0.304 e. The molecule has 0 bridgehead atoms. The van der Waals surface area contributed by atoms with E-state index in [0.717, 1.165) is 12.5 Å². The summed E-state index contributed by atoms with van der Waals surface area (Å²) in [7, 11) is 1.68. The van der Waals surface area contributed by atoms with Gasteiger partial charge in [-0.1, -0.05) is 0 Å². The van der Waals surface area contributed by atoms with E-state index in [1.165, 1.54) is 12.8 Å². The average molecular weight is 229 g/mol. The van der Waals surface area contributed by atoms with Gasteiger partial charge in [-0.05, 0) is 32.6 Å². The summed E-state index contributed by atoms with van der Waals surface area (Å²) in [6.07, 6.45) is 2.77. The van der Waals surface area contributed by atoms with Crippen molar-refractivity contribution in [1.82, 2.24) is 4.90 Å². The first-order chi connectivity index (χ1) is 7.56. The van der Waals surface area contributed by atoms with Crippen LogP contribution in [0.25, 0.3) is 0 Å². The van der Waals surface area contributed by atoms with Crippen molar-refractivity contribution in [2.24, 2.45) is 5.92 Å². The number of aliphatic carboxylic acids is 1. The minimum Gasteiger partial charge on any atom is -0.481 e. The lowest BCUT2D eigenvalue weighted by Crippen LogP contribution is -2.44. The van der Waals surface area contributed by atoms with Crippen molar-refractivity contribution in [3.05, 3.63) is 0 Å². The third kappa shape index (κ3) is 4.10. The van der Waals surface area contributed by atoms with Crippen molar-refractivity contribution >= 4 is 5.97 Å². The number of nitrogens with zero attached hydrogens (tertiary/aromatic N) is 1. The van der Waals surface area contributed by atoms with E-state index in [2.05, 4.69) is 11.8 Å². The number of methoxy groups -OCH3 is 1. The molecule has 0 aromatic rings. The van der Waals surface area contributed by atoms with Gasteiger partial charge in [-0.25, -0.2) is 0 Å². The molecule has 16 heavy (non-hydrogen) atoms. The Hall–Kier alpha value is -0.610. The first kappa shape index (κ1) is 13.5. The molecule has 1 saturated carbocycles. The second kappa shape index (κ2) is 6.21. The molecule has 94 valence electrons. The third-order valence-corrected chi connectivity index (χ3v) is 3.42. The van der Waals surface area contributed by atoms with Gasteiger partial charge in [-0.15, -0.1) is 0 Å². The van der Waals surface area contributed by atoms with E-state index in [-0.39, 0.29) is 12.5 Å². The molecule has 0 amide bonds. The van der Waals surface area contributed by atoms with Gasteiger partial charge >= 0.3 is 5.97 Å². The Balaban J connectivity index is 2.50. The number of hydrogen-bond acceptors (Lipinski definition) is 3. The van der Waals surface area contributed by atoms with E-state index in [1.54, 1.807) is 7.11 Å². The quantitative estimate of drug-likeness (QED) is 0.687. The molecular weight excluding hydrogens is 206 g/mol.